The van der Waals surface area contributed by atoms with Crippen LogP contribution in [-0.2, 0) is 39.4 Å². The molecule has 13 heteroatoms. The summed E-state index contributed by atoms with van der Waals surface area (Å²) in [5, 5.41) is 17.6. The molecule has 3 aliphatic rings. The number of carbonyl (C=O) groups is 2. The van der Waals surface area contributed by atoms with Gasteiger partial charge in [0.1, 0.15) is 5.75 Å². The second kappa shape index (κ2) is 12.5. The topological polar surface area (TPSA) is 130 Å². The molecule has 1 fully saturated rings. The number of aliphatic hydroxyl groups excluding tert-OH is 1. The molecule has 250 valence electrons. The molecule has 1 saturated heterocycles. The van der Waals surface area contributed by atoms with Gasteiger partial charge in [0.15, 0.2) is 20.5 Å². The molecule has 0 bridgehead atoms. The minimum Gasteiger partial charge on any atom is -0.482 e. The van der Waals surface area contributed by atoms with E-state index >= 15 is 0 Å². The second-order valence-corrected chi connectivity index (χ2v) is 18.2. The molecule has 4 heterocycles. The van der Waals surface area contributed by atoms with Gasteiger partial charge in [0.05, 0.1) is 29.7 Å². The first kappa shape index (κ1) is 32.7. The van der Waals surface area contributed by atoms with Crippen molar-refractivity contribution in [1.82, 2.24) is 15.0 Å². The van der Waals surface area contributed by atoms with Gasteiger partial charge in [0.25, 0.3) is 11.8 Å². The number of aromatic nitrogens is 3. The summed E-state index contributed by atoms with van der Waals surface area (Å²) in [6.45, 7) is 6.62. The van der Waals surface area contributed by atoms with Gasteiger partial charge in [-0.15, -0.1) is 5.10 Å². The number of hydrogen-bond donors (Lipinski definition) is 2. The van der Waals surface area contributed by atoms with Crippen LogP contribution in [0.1, 0.15) is 30.2 Å². The fourth-order valence-corrected chi connectivity index (χ4v) is 10.7. The van der Waals surface area contributed by atoms with E-state index in [0.29, 0.717) is 43.1 Å². The van der Waals surface area contributed by atoms with Crippen LogP contribution < -0.4 is 14.5 Å². The predicted octanol–water partition coefficient (Wildman–Crippen LogP) is 5.07. The van der Waals surface area contributed by atoms with Gasteiger partial charge in [0, 0.05) is 53.0 Å². The van der Waals surface area contributed by atoms with Gasteiger partial charge in [-0.3, -0.25) is 19.2 Å². The first-order chi connectivity index (χ1) is 23.0. The summed E-state index contributed by atoms with van der Waals surface area (Å²) in [5.74, 6) is 0.0521. The van der Waals surface area contributed by atoms with Crippen LogP contribution in [0.15, 0.2) is 77.4 Å². The van der Waals surface area contributed by atoms with Crippen LogP contribution in [0.2, 0.25) is 18.6 Å². The number of aliphatic hydroxyl groups is 1. The van der Waals surface area contributed by atoms with Crippen LogP contribution in [0.3, 0.4) is 0 Å². The molecule has 0 aliphatic carbocycles. The first-order valence-electron chi connectivity index (χ1n) is 16.2. The standard InChI is InChI=1S/C35H38BrN5O6Si/c1-22-33(48(2,3)45)31(14-16-39-20-25(15-17-42)37-38-39)47-35(22)27-18-24(36)10-13-28(27)40(34(35)44)19-23-8-11-26(12-9-23)41-29-6-4-5-7-30(29)46-21-32(41)43/h4-13,18,20,22,31,33,42,45H,14-17,19,21H2,1-3H3/t22-,31+,33-,35+/m0/s1. The minimum absolute atomic E-state index is 0.00333. The highest BCUT2D eigenvalue weighted by Gasteiger charge is 2.66. The fourth-order valence-electron chi connectivity index (χ4n) is 7.73. The number of fused-ring (bicyclic) bond motifs is 3. The third-order valence-corrected chi connectivity index (χ3v) is 12.8. The molecule has 48 heavy (non-hydrogen) atoms. The number of para-hydroxylation sites is 2. The van der Waals surface area contributed by atoms with E-state index in [2.05, 4.69) is 26.2 Å². The van der Waals surface area contributed by atoms with E-state index in [1.165, 1.54) is 0 Å². The van der Waals surface area contributed by atoms with Crippen molar-refractivity contribution in [1.29, 1.82) is 0 Å². The monoisotopic (exact) mass is 731 g/mol. The average molecular weight is 733 g/mol. The molecule has 0 unspecified atom stereocenters. The molecule has 0 saturated carbocycles. The Kier molecular flexibility index (Phi) is 8.53. The number of carbonyl (C=O) groups excluding carboxylic acids is 2. The second-order valence-electron chi connectivity index (χ2n) is 13.3. The number of benzene rings is 3. The Morgan fingerprint density at radius 1 is 1.06 bits per heavy atom. The average Bonchev–Trinajstić information content (AvgIpc) is 3.70. The van der Waals surface area contributed by atoms with Gasteiger partial charge in [-0.25, -0.2) is 0 Å². The van der Waals surface area contributed by atoms with E-state index in [9.17, 15) is 19.5 Å². The Bertz CT molecular complexity index is 1860. The summed E-state index contributed by atoms with van der Waals surface area (Å²) in [6, 6.07) is 21.0. The summed E-state index contributed by atoms with van der Waals surface area (Å²) in [4.78, 5) is 42.7. The quantitative estimate of drug-likeness (QED) is 0.229. The van der Waals surface area contributed by atoms with Crippen LogP contribution >= 0.6 is 15.9 Å². The smallest absolute Gasteiger partial charge is 0.269 e. The van der Waals surface area contributed by atoms with Crippen molar-refractivity contribution >= 4 is 53.1 Å². The summed E-state index contributed by atoms with van der Waals surface area (Å²) in [7, 11) is -2.83. The Morgan fingerprint density at radius 3 is 2.58 bits per heavy atom. The largest absolute Gasteiger partial charge is 0.482 e. The summed E-state index contributed by atoms with van der Waals surface area (Å²) in [6.07, 6.45) is 2.39. The number of halogens is 1. The lowest BCUT2D eigenvalue weighted by Gasteiger charge is -2.32. The van der Waals surface area contributed by atoms with Crippen molar-refractivity contribution in [3.05, 3.63) is 94.2 Å². The van der Waals surface area contributed by atoms with Gasteiger partial charge >= 0.3 is 0 Å². The lowest BCUT2D eigenvalue weighted by atomic mass is 9.82. The van der Waals surface area contributed by atoms with E-state index in [1.807, 2.05) is 92.9 Å². The van der Waals surface area contributed by atoms with Gasteiger partial charge in [-0.1, -0.05) is 52.3 Å². The minimum atomic E-state index is -2.83. The highest BCUT2D eigenvalue weighted by molar-refractivity contribution is 9.10. The van der Waals surface area contributed by atoms with Crippen molar-refractivity contribution in [3.8, 4) is 5.75 Å². The molecule has 11 nitrogen and oxygen atoms in total. The molecule has 3 aromatic carbocycles. The van der Waals surface area contributed by atoms with Crippen LogP contribution in [0.25, 0.3) is 0 Å². The SMILES string of the molecule is C[C@H]1[C@H]([Si](C)(C)O)[C@@H](CCn2cc(CCO)nn2)O[C@]12C(=O)N(Cc1ccc(N3C(=O)COc4ccccc43)cc1)c1ccc(Br)cc12. The molecule has 1 spiro atoms. The number of amides is 2. The zero-order valence-electron chi connectivity index (χ0n) is 27.0. The molecule has 3 aliphatic heterocycles. The van der Waals surface area contributed by atoms with Crippen molar-refractivity contribution in [2.45, 2.75) is 63.2 Å². The maximum absolute atomic E-state index is 14.8. The molecule has 4 aromatic rings. The molecule has 7 rings (SSSR count). The molecular formula is C35H38BrN5O6Si. The number of anilines is 3. The maximum Gasteiger partial charge on any atom is 0.269 e. The Balaban J connectivity index is 1.18. The number of aryl methyl sites for hydroxylation is 1. The third-order valence-electron chi connectivity index (χ3n) is 9.78. The zero-order chi connectivity index (χ0) is 33.8. The molecular weight excluding hydrogens is 694 g/mol. The summed E-state index contributed by atoms with van der Waals surface area (Å²) in [5.41, 5.74) is 3.09. The predicted molar refractivity (Wildman–Crippen MR) is 185 cm³/mol. The van der Waals surface area contributed by atoms with Crippen LogP contribution in [0, 0.1) is 5.92 Å². The van der Waals surface area contributed by atoms with Gasteiger partial charge in [-0.05, 0) is 67.5 Å². The summed E-state index contributed by atoms with van der Waals surface area (Å²) >= 11 is 3.63. The highest BCUT2D eigenvalue weighted by Crippen LogP contribution is 2.60. The first-order valence-corrected chi connectivity index (χ1v) is 20.0. The lowest BCUT2D eigenvalue weighted by molar-refractivity contribution is -0.146. The molecule has 4 atom stereocenters. The van der Waals surface area contributed by atoms with Crippen molar-refractivity contribution in [2.75, 3.05) is 23.0 Å². The van der Waals surface area contributed by atoms with E-state index < -0.39 is 13.9 Å². The molecule has 2 amide bonds. The van der Waals surface area contributed by atoms with Gasteiger partial charge in [-0.2, -0.15) is 0 Å². The van der Waals surface area contributed by atoms with Crippen LogP contribution in [0.5, 0.6) is 5.75 Å². The van der Waals surface area contributed by atoms with Crippen molar-refractivity contribution in [3.63, 3.8) is 0 Å². The molecule has 1 aromatic heterocycles. The fraction of sp³-hybridized carbons (Fsp3) is 0.371. The Hall–Kier alpha value is -3.88. The van der Waals surface area contributed by atoms with Gasteiger partial charge in [0.2, 0.25) is 0 Å². The number of rotatable bonds is 9. The van der Waals surface area contributed by atoms with Crippen molar-refractivity contribution in [2.24, 2.45) is 5.92 Å². The van der Waals surface area contributed by atoms with Crippen LogP contribution in [0.4, 0.5) is 17.1 Å². The number of ether oxygens (including phenoxy) is 2. The highest BCUT2D eigenvalue weighted by atomic mass is 79.9. The van der Waals surface area contributed by atoms with E-state index in [-0.39, 0.29) is 42.6 Å². The molecule has 2 N–H and O–H groups in total. The Morgan fingerprint density at radius 2 is 1.83 bits per heavy atom. The summed E-state index contributed by atoms with van der Waals surface area (Å²) < 4.78 is 15.1. The van der Waals surface area contributed by atoms with E-state index in [4.69, 9.17) is 9.47 Å². The maximum atomic E-state index is 14.8. The lowest BCUT2D eigenvalue weighted by Crippen LogP contribution is -2.46. The third kappa shape index (κ3) is 5.56. The number of hydrogen-bond acceptors (Lipinski definition) is 8. The van der Waals surface area contributed by atoms with E-state index in [1.54, 1.807) is 14.5 Å². The van der Waals surface area contributed by atoms with Crippen LogP contribution in [-0.4, -0.2) is 64.3 Å². The van der Waals surface area contributed by atoms with Crippen molar-refractivity contribution < 1.29 is 29.0 Å². The number of nitrogens with zero attached hydrogens (tertiary/aromatic N) is 5. The van der Waals surface area contributed by atoms with E-state index in [0.717, 1.165) is 27.0 Å². The van der Waals surface area contributed by atoms with Gasteiger partial charge < -0.3 is 24.3 Å². The Labute approximate surface area is 288 Å². The molecule has 0 radical (unpaired) electrons. The normalized spacial score (nSPS) is 23.5. The zero-order valence-corrected chi connectivity index (χ0v) is 29.6.